The average Bonchev–Trinajstić information content (AvgIpc) is 2.28. The Labute approximate surface area is 109 Å². The third-order valence-corrected chi connectivity index (χ3v) is 3.22. The second kappa shape index (κ2) is 8.05. The van der Waals surface area contributed by atoms with E-state index in [9.17, 15) is 9.59 Å². The highest BCUT2D eigenvalue weighted by atomic mass is 16.2. The van der Waals surface area contributed by atoms with Crippen LogP contribution in [0.25, 0.3) is 0 Å². The maximum atomic E-state index is 11.4. The molecule has 0 aromatic heterocycles. The fraction of sp³-hybridized carbons (Fsp3) is 0.833. The Morgan fingerprint density at radius 3 is 2.28 bits per heavy atom. The number of unbranched alkanes of at least 4 members (excludes halogenated alkanes) is 1. The van der Waals surface area contributed by atoms with Gasteiger partial charge in [0.25, 0.3) is 0 Å². The molecule has 6 nitrogen and oxygen atoms in total. The molecule has 6 N–H and O–H groups in total. The number of rotatable bonds is 10. The Bertz CT molecular complexity index is 283. The minimum Gasteiger partial charge on any atom is -0.368 e. The van der Waals surface area contributed by atoms with E-state index in [4.69, 9.17) is 11.5 Å². The van der Waals surface area contributed by atoms with Crippen molar-refractivity contribution in [3.05, 3.63) is 0 Å². The molecule has 0 aliphatic rings. The topological polar surface area (TPSA) is 110 Å². The largest absolute Gasteiger partial charge is 0.368 e. The molecule has 2 atom stereocenters. The molecule has 0 aromatic carbocycles. The highest BCUT2D eigenvalue weighted by molar-refractivity contribution is 5.84. The fourth-order valence-electron chi connectivity index (χ4n) is 1.94. The van der Waals surface area contributed by atoms with E-state index in [1.807, 2.05) is 13.8 Å². The molecule has 0 rings (SSSR count). The van der Waals surface area contributed by atoms with Gasteiger partial charge in [-0.05, 0) is 33.4 Å². The van der Waals surface area contributed by atoms with Gasteiger partial charge < -0.3 is 22.1 Å². The lowest BCUT2D eigenvalue weighted by molar-refractivity contribution is -0.124. The predicted octanol–water partition coefficient (Wildman–Crippen LogP) is -0.526. The van der Waals surface area contributed by atoms with Crippen molar-refractivity contribution in [1.82, 2.24) is 10.6 Å². The maximum absolute atomic E-state index is 11.4. The van der Waals surface area contributed by atoms with E-state index in [1.165, 1.54) is 0 Å². The SMILES string of the molecule is CCNC(C)(CCCCC(NC)C(N)=O)C(N)=O. The van der Waals surface area contributed by atoms with Crippen LogP contribution in [0.3, 0.4) is 0 Å². The standard InChI is InChI=1S/C12H26N4O2/c1-4-16-12(2,11(14)18)8-6-5-7-9(15-3)10(13)17/h9,15-16H,4-8H2,1-3H3,(H2,13,17)(H2,14,18). The van der Waals surface area contributed by atoms with Crippen molar-refractivity contribution in [1.29, 1.82) is 0 Å². The summed E-state index contributed by atoms with van der Waals surface area (Å²) in [5.74, 6) is -0.689. The maximum Gasteiger partial charge on any atom is 0.237 e. The molecule has 0 spiro atoms. The van der Waals surface area contributed by atoms with Crippen molar-refractivity contribution >= 4 is 11.8 Å². The van der Waals surface area contributed by atoms with Crippen LogP contribution in [0, 0.1) is 0 Å². The molecular formula is C12H26N4O2. The van der Waals surface area contributed by atoms with Crippen LogP contribution in [-0.2, 0) is 9.59 Å². The summed E-state index contributed by atoms with van der Waals surface area (Å²) in [6.45, 7) is 4.44. The Morgan fingerprint density at radius 2 is 1.89 bits per heavy atom. The number of carbonyl (C=O) groups is 2. The van der Waals surface area contributed by atoms with Gasteiger partial charge in [-0.2, -0.15) is 0 Å². The Balaban J connectivity index is 4.08. The quantitative estimate of drug-likeness (QED) is 0.395. The first-order valence-electron chi connectivity index (χ1n) is 6.39. The average molecular weight is 258 g/mol. The summed E-state index contributed by atoms with van der Waals surface area (Å²) in [7, 11) is 1.71. The zero-order chi connectivity index (χ0) is 14.2. The molecule has 106 valence electrons. The van der Waals surface area contributed by atoms with Crippen LogP contribution in [0.2, 0.25) is 0 Å². The summed E-state index contributed by atoms with van der Waals surface area (Å²) >= 11 is 0. The molecule has 18 heavy (non-hydrogen) atoms. The first-order valence-corrected chi connectivity index (χ1v) is 6.39. The molecule has 2 unspecified atom stereocenters. The van der Waals surface area contributed by atoms with Gasteiger partial charge in [0, 0.05) is 0 Å². The first-order chi connectivity index (χ1) is 8.37. The molecule has 6 heteroatoms. The van der Waals surface area contributed by atoms with Gasteiger partial charge in [-0.25, -0.2) is 0 Å². The van der Waals surface area contributed by atoms with Gasteiger partial charge in [-0.1, -0.05) is 19.8 Å². The minimum atomic E-state index is -0.670. The van der Waals surface area contributed by atoms with Crippen LogP contribution in [0.1, 0.15) is 39.5 Å². The minimum absolute atomic E-state index is 0.302. The monoisotopic (exact) mass is 258 g/mol. The van der Waals surface area contributed by atoms with Crippen LogP contribution in [0.5, 0.6) is 0 Å². The van der Waals surface area contributed by atoms with Crippen LogP contribution >= 0.6 is 0 Å². The number of amides is 2. The third-order valence-electron chi connectivity index (χ3n) is 3.22. The van der Waals surface area contributed by atoms with Crippen molar-refractivity contribution in [2.24, 2.45) is 11.5 Å². The number of nitrogens with two attached hydrogens (primary N) is 2. The second-order valence-electron chi connectivity index (χ2n) is 4.72. The van der Waals surface area contributed by atoms with E-state index in [2.05, 4.69) is 10.6 Å². The van der Waals surface area contributed by atoms with Crippen molar-refractivity contribution in [3.63, 3.8) is 0 Å². The van der Waals surface area contributed by atoms with Crippen LogP contribution < -0.4 is 22.1 Å². The number of carbonyl (C=O) groups excluding carboxylic acids is 2. The number of likely N-dealkylation sites (N-methyl/N-ethyl adjacent to an activating group) is 2. The molecule has 0 radical (unpaired) electrons. The summed E-state index contributed by atoms with van der Waals surface area (Å²) < 4.78 is 0. The van der Waals surface area contributed by atoms with E-state index in [0.29, 0.717) is 19.4 Å². The van der Waals surface area contributed by atoms with E-state index in [1.54, 1.807) is 7.05 Å². The summed E-state index contributed by atoms with van der Waals surface area (Å²) in [6, 6.07) is -0.302. The lowest BCUT2D eigenvalue weighted by atomic mass is 9.92. The van der Waals surface area contributed by atoms with Gasteiger partial charge in [-0.15, -0.1) is 0 Å². The molecular weight excluding hydrogens is 232 g/mol. The lowest BCUT2D eigenvalue weighted by Gasteiger charge is -2.27. The summed E-state index contributed by atoms with van der Waals surface area (Å²) in [4.78, 5) is 22.4. The molecule has 2 amide bonds. The van der Waals surface area contributed by atoms with Crippen molar-refractivity contribution < 1.29 is 9.59 Å². The number of nitrogens with one attached hydrogen (secondary N) is 2. The van der Waals surface area contributed by atoms with Crippen molar-refractivity contribution in [3.8, 4) is 0 Å². The molecule has 0 aromatic rings. The Morgan fingerprint density at radius 1 is 1.28 bits per heavy atom. The second-order valence-corrected chi connectivity index (χ2v) is 4.72. The molecule has 0 fully saturated rings. The van der Waals surface area contributed by atoms with Gasteiger partial charge in [-0.3, -0.25) is 9.59 Å². The molecule has 0 aliphatic heterocycles. The predicted molar refractivity (Wildman–Crippen MR) is 71.8 cm³/mol. The van der Waals surface area contributed by atoms with Gasteiger partial charge in [0.05, 0.1) is 11.6 Å². The molecule has 0 saturated heterocycles. The third kappa shape index (κ3) is 5.46. The number of hydrogen-bond acceptors (Lipinski definition) is 4. The van der Waals surface area contributed by atoms with Gasteiger partial charge >= 0.3 is 0 Å². The van der Waals surface area contributed by atoms with Crippen LogP contribution in [0.15, 0.2) is 0 Å². The smallest absolute Gasteiger partial charge is 0.237 e. The normalized spacial score (nSPS) is 15.9. The molecule has 0 heterocycles. The molecule has 0 bridgehead atoms. The van der Waals surface area contributed by atoms with Gasteiger partial charge in [0.15, 0.2) is 0 Å². The van der Waals surface area contributed by atoms with Crippen LogP contribution in [0.4, 0.5) is 0 Å². The van der Waals surface area contributed by atoms with E-state index in [0.717, 1.165) is 12.8 Å². The first kappa shape index (κ1) is 16.9. The number of primary amides is 2. The zero-order valence-electron chi connectivity index (χ0n) is 11.6. The highest BCUT2D eigenvalue weighted by Gasteiger charge is 2.29. The Hall–Kier alpha value is -1.14. The summed E-state index contributed by atoms with van der Waals surface area (Å²) in [5.41, 5.74) is 9.94. The van der Waals surface area contributed by atoms with E-state index in [-0.39, 0.29) is 17.9 Å². The summed E-state index contributed by atoms with van der Waals surface area (Å²) in [5, 5.41) is 5.97. The zero-order valence-corrected chi connectivity index (χ0v) is 11.6. The Kier molecular flexibility index (Phi) is 7.54. The highest BCUT2D eigenvalue weighted by Crippen LogP contribution is 2.15. The van der Waals surface area contributed by atoms with Gasteiger partial charge in [0.1, 0.15) is 0 Å². The van der Waals surface area contributed by atoms with E-state index >= 15 is 0 Å². The fourth-order valence-corrected chi connectivity index (χ4v) is 1.94. The molecule has 0 saturated carbocycles. The molecule has 0 aliphatic carbocycles. The number of hydrogen-bond donors (Lipinski definition) is 4. The van der Waals surface area contributed by atoms with Crippen molar-refractivity contribution in [2.75, 3.05) is 13.6 Å². The summed E-state index contributed by atoms with van der Waals surface area (Å²) in [6.07, 6.45) is 2.97. The van der Waals surface area contributed by atoms with Crippen molar-refractivity contribution in [2.45, 2.75) is 51.1 Å². The van der Waals surface area contributed by atoms with Crippen LogP contribution in [-0.4, -0.2) is 37.0 Å². The van der Waals surface area contributed by atoms with Gasteiger partial charge in [0.2, 0.25) is 11.8 Å². The lowest BCUT2D eigenvalue weighted by Crippen LogP contribution is -2.53. The van der Waals surface area contributed by atoms with E-state index < -0.39 is 5.54 Å².